The van der Waals surface area contributed by atoms with Gasteiger partial charge in [-0.15, -0.1) is 0 Å². The number of hydrogen-bond donors (Lipinski definition) is 1. The third-order valence-corrected chi connectivity index (χ3v) is 0.673. The van der Waals surface area contributed by atoms with Gasteiger partial charge in [-0.05, 0) is 12.5 Å². The molecule has 0 amide bonds. The maximum atomic E-state index is 10.5. The maximum Gasteiger partial charge on any atom is 0.333 e. The standard InChI is InChI=1S/C6H10O3.C2H3Cl/c1-5(2)6(8)9-4-3-7;1-2-3/h7H,1,3-4H2,2H3;2H,1H2. The van der Waals surface area contributed by atoms with Gasteiger partial charge in [0.15, 0.2) is 0 Å². The monoisotopic (exact) mass is 192 g/mol. The summed E-state index contributed by atoms with van der Waals surface area (Å²) in [6.07, 6.45) is 0. The molecule has 0 aromatic rings. The molecule has 0 saturated carbocycles. The van der Waals surface area contributed by atoms with Crippen LogP contribution in [0.1, 0.15) is 6.92 Å². The molecule has 0 radical (unpaired) electrons. The highest BCUT2D eigenvalue weighted by Crippen LogP contribution is 1.89. The summed E-state index contributed by atoms with van der Waals surface area (Å²) in [5.41, 5.74) is 1.57. The van der Waals surface area contributed by atoms with E-state index in [4.69, 9.17) is 16.7 Å². The number of esters is 1. The van der Waals surface area contributed by atoms with Gasteiger partial charge in [-0.1, -0.05) is 24.8 Å². The summed E-state index contributed by atoms with van der Waals surface area (Å²) in [5.74, 6) is -0.455. The fraction of sp³-hybridized carbons (Fsp3) is 0.375. The summed E-state index contributed by atoms with van der Waals surface area (Å²) in [6, 6.07) is 0. The second-order valence-electron chi connectivity index (χ2n) is 1.79. The van der Waals surface area contributed by atoms with Gasteiger partial charge in [0.25, 0.3) is 0 Å². The van der Waals surface area contributed by atoms with Crippen LogP contribution in [0.2, 0.25) is 0 Å². The molecular formula is C8H13ClO3. The third kappa shape index (κ3) is 11.9. The van der Waals surface area contributed by atoms with Gasteiger partial charge in [-0.25, -0.2) is 4.79 Å². The molecule has 0 atom stereocenters. The van der Waals surface area contributed by atoms with E-state index in [9.17, 15) is 4.79 Å². The predicted octanol–water partition coefficient (Wildman–Crippen LogP) is 1.47. The van der Waals surface area contributed by atoms with Gasteiger partial charge in [-0.2, -0.15) is 0 Å². The average Bonchev–Trinajstić information content (AvgIpc) is 2.01. The second kappa shape index (κ2) is 10.2. The smallest absolute Gasteiger partial charge is 0.333 e. The van der Waals surface area contributed by atoms with Crippen LogP contribution in [0.25, 0.3) is 0 Å². The minimum absolute atomic E-state index is 0.0473. The van der Waals surface area contributed by atoms with Crippen molar-refractivity contribution >= 4 is 17.6 Å². The van der Waals surface area contributed by atoms with E-state index < -0.39 is 5.97 Å². The van der Waals surface area contributed by atoms with E-state index in [1.165, 1.54) is 5.54 Å². The molecule has 0 aliphatic rings. The minimum Gasteiger partial charge on any atom is -0.460 e. The lowest BCUT2D eigenvalue weighted by molar-refractivity contribution is -0.139. The Balaban J connectivity index is 0. The topological polar surface area (TPSA) is 46.5 Å². The van der Waals surface area contributed by atoms with Crippen molar-refractivity contribution in [2.24, 2.45) is 0 Å². The van der Waals surface area contributed by atoms with Crippen LogP contribution in [-0.4, -0.2) is 24.3 Å². The molecule has 0 saturated heterocycles. The molecule has 0 aromatic carbocycles. The first kappa shape index (κ1) is 13.8. The first-order valence-corrected chi connectivity index (χ1v) is 3.68. The van der Waals surface area contributed by atoms with Crippen LogP contribution in [0.15, 0.2) is 24.3 Å². The molecular weight excluding hydrogens is 180 g/mol. The van der Waals surface area contributed by atoms with E-state index >= 15 is 0 Å². The largest absolute Gasteiger partial charge is 0.460 e. The number of rotatable bonds is 3. The van der Waals surface area contributed by atoms with Gasteiger partial charge in [0.05, 0.1) is 6.61 Å². The van der Waals surface area contributed by atoms with Gasteiger partial charge in [-0.3, -0.25) is 0 Å². The molecule has 4 heteroatoms. The number of aliphatic hydroxyl groups excluding tert-OH is 1. The highest BCUT2D eigenvalue weighted by atomic mass is 35.5. The van der Waals surface area contributed by atoms with Crippen LogP contribution in [0, 0.1) is 0 Å². The van der Waals surface area contributed by atoms with E-state index in [1.807, 2.05) is 0 Å². The van der Waals surface area contributed by atoms with E-state index in [2.05, 4.69) is 17.9 Å². The van der Waals surface area contributed by atoms with Crippen molar-refractivity contribution in [2.75, 3.05) is 13.2 Å². The van der Waals surface area contributed by atoms with Crippen molar-refractivity contribution in [3.05, 3.63) is 24.3 Å². The van der Waals surface area contributed by atoms with Crippen LogP contribution in [0.4, 0.5) is 0 Å². The number of carbonyl (C=O) groups excluding carboxylic acids is 1. The number of ether oxygens (including phenoxy) is 1. The fourth-order valence-electron chi connectivity index (χ4n) is 0.262. The Labute approximate surface area is 77.3 Å². The summed E-state index contributed by atoms with van der Waals surface area (Å²) in [5, 5.41) is 8.19. The lowest BCUT2D eigenvalue weighted by Gasteiger charge is -1.99. The van der Waals surface area contributed by atoms with E-state index in [1.54, 1.807) is 6.92 Å². The average molecular weight is 193 g/mol. The summed E-state index contributed by atoms with van der Waals surface area (Å²) >= 11 is 4.76. The SMILES string of the molecule is C=C(C)C(=O)OCCO.C=CCl. The number of hydrogen-bond acceptors (Lipinski definition) is 3. The van der Waals surface area contributed by atoms with E-state index in [0.29, 0.717) is 5.57 Å². The molecule has 3 nitrogen and oxygen atoms in total. The molecule has 0 fully saturated rings. The van der Waals surface area contributed by atoms with E-state index in [0.717, 1.165) is 0 Å². The number of halogens is 1. The zero-order chi connectivity index (χ0) is 9.98. The Morgan fingerprint density at radius 2 is 2.17 bits per heavy atom. The number of aliphatic hydroxyl groups is 1. The van der Waals surface area contributed by atoms with Crippen LogP contribution in [-0.2, 0) is 9.53 Å². The van der Waals surface area contributed by atoms with Gasteiger partial charge >= 0.3 is 5.97 Å². The molecule has 0 unspecified atom stereocenters. The molecule has 70 valence electrons. The minimum atomic E-state index is -0.455. The Morgan fingerprint density at radius 3 is 2.42 bits per heavy atom. The quantitative estimate of drug-likeness (QED) is 0.544. The lowest BCUT2D eigenvalue weighted by atomic mass is 10.4. The van der Waals surface area contributed by atoms with Crippen molar-refractivity contribution in [1.82, 2.24) is 0 Å². The highest BCUT2D eigenvalue weighted by molar-refractivity contribution is 6.25. The Bertz CT molecular complexity index is 154. The molecule has 0 aliphatic heterocycles. The van der Waals surface area contributed by atoms with Crippen molar-refractivity contribution < 1.29 is 14.6 Å². The van der Waals surface area contributed by atoms with E-state index in [-0.39, 0.29) is 13.2 Å². The zero-order valence-corrected chi connectivity index (χ0v) is 7.80. The van der Waals surface area contributed by atoms with Crippen molar-refractivity contribution in [3.8, 4) is 0 Å². The molecule has 0 aromatic heterocycles. The fourth-order valence-corrected chi connectivity index (χ4v) is 0.262. The predicted molar refractivity (Wildman–Crippen MR) is 48.9 cm³/mol. The maximum absolute atomic E-state index is 10.5. The highest BCUT2D eigenvalue weighted by Gasteiger charge is 1.99. The number of carbonyl (C=O) groups is 1. The van der Waals surface area contributed by atoms with Crippen LogP contribution < -0.4 is 0 Å². The van der Waals surface area contributed by atoms with Crippen molar-refractivity contribution in [2.45, 2.75) is 6.92 Å². The lowest BCUT2D eigenvalue weighted by Crippen LogP contribution is -2.08. The molecule has 0 rings (SSSR count). The molecule has 0 heterocycles. The Kier molecular flexibility index (Phi) is 11.7. The Hall–Kier alpha value is -0.800. The summed E-state index contributed by atoms with van der Waals surface area (Å²) in [6.45, 7) is 7.94. The Morgan fingerprint density at radius 1 is 1.75 bits per heavy atom. The van der Waals surface area contributed by atoms with Crippen LogP contribution >= 0.6 is 11.6 Å². The summed E-state index contributed by atoms with van der Waals surface area (Å²) in [4.78, 5) is 10.5. The summed E-state index contributed by atoms with van der Waals surface area (Å²) < 4.78 is 4.46. The first-order valence-electron chi connectivity index (χ1n) is 3.24. The van der Waals surface area contributed by atoms with Gasteiger partial charge < -0.3 is 9.84 Å². The van der Waals surface area contributed by atoms with Crippen LogP contribution in [0.5, 0.6) is 0 Å². The van der Waals surface area contributed by atoms with Gasteiger partial charge in [0, 0.05) is 5.57 Å². The van der Waals surface area contributed by atoms with Gasteiger partial charge in [0.1, 0.15) is 6.61 Å². The van der Waals surface area contributed by atoms with Crippen molar-refractivity contribution in [1.29, 1.82) is 0 Å². The van der Waals surface area contributed by atoms with Gasteiger partial charge in [0.2, 0.25) is 0 Å². The second-order valence-corrected chi connectivity index (χ2v) is 2.10. The van der Waals surface area contributed by atoms with Crippen molar-refractivity contribution in [3.63, 3.8) is 0 Å². The molecule has 12 heavy (non-hydrogen) atoms. The first-order chi connectivity index (χ1) is 5.59. The normalized spacial score (nSPS) is 7.58. The van der Waals surface area contributed by atoms with Crippen LogP contribution in [0.3, 0.4) is 0 Å². The summed E-state index contributed by atoms with van der Waals surface area (Å²) in [7, 11) is 0. The third-order valence-electron chi connectivity index (χ3n) is 0.673. The molecule has 0 aliphatic carbocycles. The molecule has 1 N–H and O–H groups in total. The zero-order valence-electron chi connectivity index (χ0n) is 7.05. The molecule has 0 bridgehead atoms. The molecule has 0 spiro atoms.